The Morgan fingerprint density at radius 2 is 2.16 bits per heavy atom. The van der Waals surface area contributed by atoms with Gasteiger partial charge in [0.25, 0.3) is 5.91 Å². The number of nitrogens with one attached hydrogen (secondary N) is 2. The number of aromatic nitrogens is 2. The highest BCUT2D eigenvalue weighted by molar-refractivity contribution is 7.99. The predicted molar refractivity (Wildman–Crippen MR) is 98.3 cm³/mol. The van der Waals surface area contributed by atoms with Crippen LogP contribution in [0.5, 0.6) is 0 Å². The summed E-state index contributed by atoms with van der Waals surface area (Å²) in [7, 11) is 0. The Kier molecular flexibility index (Phi) is 7.80. The second-order valence-corrected chi connectivity index (χ2v) is 7.21. The molecule has 0 unspecified atom stereocenters. The van der Waals surface area contributed by atoms with E-state index >= 15 is 0 Å². The number of thioether (sulfide) groups is 1. The largest absolute Gasteiger partial charge is 0.355 e. The predicted octanol–water partition coefficient (Wildman–Crippen LogP) is 3.08. The van der Waals surface area contributed by atoms with Crippen molar-refractivity contribution < 1.29 is 14.0 Å². The molecule has 1 aromatic carbocycles. The number of unbranched alkanes of at least 4 members (excludes halogenated alkanes) is 1. The summed E-state index contributed by atoms with van der Waals surface area (Å²) in [5, 5.41) is 14.1. The minimum Gasteiger partial charge on any atom is -0.355 e. The first kappa shape index (κ1) is 19.3. The van der Waals surface area contributed by atoms with Gasteiger partial charge in [0, 0.05) is 18.0 Å². The molecule has 1 aromatic heterocycles. The first-order chi connectivity index (χ1) is 12.1. The van der Waals surface area contributed by atoms with Crippen LogP contribution in [-0.2, 0) is 10.5 Å². The molecule has 0 aliphatic heterocycles. The lowest BCUT2D eigenvalue weighted by molar-refractivity contribution is -0.118. The highest BCUT2D eigenvalue weighted by Crippen LogP contribution is 2.18. The molecular formula is C16H19FN4O2S2. The molecule has 0 spiro atoms. The van der Waals surface area contributed by atoms with E-state index in [1.165, 1.54) is 30.0 Å². The van der Waals surface area contributed by atoms with Gasteiger partial charge < -0.3 is 10.6 Å². The van der Waals surface area contributed by atoms with E-state index < -0.39 is 11.7 Å². The average Bonchev–Trinajstić information content (AvgIpc) is 3.04. The third-order valence-corrected chi connectivity index (χ3v) is 5.10. The summed E-state index contributed by atoms with van der Waals surface area (Å²) in [6.45, 7) is 2.76. The Labute approximate surface area is 153 Å². The second-order valence-electron chi connectivity index (χ2n) is 5.16. The van der Waals surface area contributed by atoms with Crippen molar-refractivity contribution in [1.82, 2.24) is 15.5 Å². The van der Waals surface area contributed by atoms with Gasteiger partial charge >= 0.3 is 0 Å². The minimum atomic E-state index is -0.434. The van der Waals surface area contributed by atoms with Crippen molar-refractivity contribution in [2.75, 3.05) is 17.6 Å². The second kappa shape index (κ2) is 10.1. The van der Waals surface area contributed by atoms with Crippen molar-refractivity contribution in [3.05, 3.63) is 40.1 Å². The number of carbonyl (C=O) groups excluding carboxylic acids is 2. The van der Waals surface area contributed by atoms with Crippen LogP contribution >= 0.6 is 23.1 Å². The summed E-state index contributed by atoms with van der Waals surface area (Å²) < 4.78 is 13.1. The lowest BCUT2D eigenvalue weighted by Crippen LogP contribution is -2.26. The number of amides is 2. The highest BCUT2D eigenvalue weighted by atomic mass is 32.2. The molecule has 25 heavy (non-hydrogen) atoms. The molecule has 0 atom stereocenters. The zero-order valence-corrected chi connectivity index (χ0v) is 15.4. The van der Waals surface area contributed by atoms with Gasteiger partial charge in [0.05, 0.1) is 5.75 Å². The van der Waals surface area contributed by atoms with Crippen LogP contribution in [-0.4, -0.2) is 34.3 Å². The molecule has 6 nitrogen and oxygen atoms in total. The number of anilines is 1. The zero-order valence-electron chi connectivity index (χ0n) is 13.8. The topological polar surface area (TPSA) is 84.0 Å². The van der Waals surface area contributed by atoms with E-state index in [1.54, 1.807) is 6.07 Å². The van der Waals surface area contributed by atoms with Gasteiger partial charge in [0.15, 0.2) is 0 Å². The van der Waals surface area contributed by atoms with Gasteiger partial charge in [-0.15, -0.1) is 22.0 Å². The highest BCUT2D eigenvalue weighted by Gasteiger charge is 2.13. The monoisotopic (exact) mass is 382 g/mol. The molecule has 2 amide bonds. The van der Waals surface area contributed by atoms with Crippen molar-refractivity contribution in [1.29, 1.82) is 0 Å². The van der Waals surface area contributed by atoms with Gasteiger partial charge in [-0.05, 0) is 24.6 Å². The molecule has 1 heterocycles. The Balaban J connectivity index is 1.77. The third-order valence-electron chi connectivity index (χ3n) is 3.05. The molecule has 0 saturated carbocycles. The van der Waals surface area contributed by atoms with E-state index in [0.29, 0.717) is 28.7 Å². The molecule has 0 aliphatic rings. The van der Waals surface area contributed by atoms with Gasteiger partial charge in [0.1, 0.15) is 10.8 Å². The van der Waals surface area contributed by atoms with Crippen molar-refractivity contribution in [2.24, 2.45) is 0 Å². The molecule has 2 rings (SSSR count). The number of halogens is 1. The summed E-state index contributed by atoms with van der Waals surface area (Å²) in [6, 6.07) is 5.63. The van der Waals surface area contributed by atoms with Crippen LogP contribution in [0.1, 0.15) is 34.6 Å². The molecule has 0 bridgehead atoms. The van der Waals surface area contributed by atoms with Crippen LogP contribution in [0.2, 0.25) is 0 Å². The van der Waals surface area contributed by atoms with Gasteiger partial charge in [-0.25, -0.2) is 4.39 Å². The average molecular weight is 382 g/mol. The molecule has 2 N–H and O–H groups in total. The van der Waals surface area contributed by atoms with Crippen molar-refractivity contribution in [3.8, 4) is 0 Å². The van der Waals surface area contributed by atoms with Gasteiger partial charge in [-0.3, -0.25) is 9.59 Å². The SMILES string of the molecule is CCCCNC(=O)CSCc1nnc(C(=O)Nc2cccc(F)c2)s1. The van der Waals surface area contributed by atoms with E-state index in [9.17, 15) is 14.0 Å². The third kappa shape index (κ3) is 6.79. The fourth-order valence-corrected chi connectivity index (χ4v) is 3.48. The van der Waals surface area contributed by atoms with Crippen molar-refractivity contribution in [3.63, 3.8) is 0 Å². The molecule has 134 valence electrons. The number of rotatable bonds is 9. The Hall–Kier alpha value is -2.00. The molecule has 9 heteroatoms. The standard InChI is InChI=1S/C16H19FN4O2S2/c1-2-3-7-18-13(22)9-24-10-14-20-21-16(25-14)15(23)19-12-6-4-5-11(17)8-12/h4-6,8H,2-3,7,9-10H2,1H3,(H,18,22)(H,19,23). The van der Waals surface area contributed by atoms with Crippen LogP contribution < -0.4 is 10.6 Å². The smallest absolute Gasteiger partial charge is 0.286 e. The van der Waals surface area contributed by atoms with Crippen LogP contribution in [0.15, 0.2) is 24.3 Å². The van der Waals surface area contributed by atoms with Gasteiger partial charge in [-0.1, -0.05) is 30.7 Å². The first-order valence-corrected chi connectivity index (χ1v) is 9.79. The van der Waals surface area contributed by atoms with E-state index in [4.69, 9.17) is 0 Å². The number of benzene rings is 1. The normalized spacial score (nSPS) is 10.5. The Morgan fingerprint density at radius 3 is 2.92 bits per heavy atom. The van der Waals surface area contributed by atoms with Gasteiger partial charge in [0.2, 0.25) is 10.9 Å². The number of nitrogens with zero attached hydrogens (tertiary/aromatic N) is 2. The quantitative estimate of drug-likeness (QED) is 0.651. The summed E-state index contributed by atoms with van der Waals surface area (Å²) in [5.74, 6) is -0.0201. The van der Waals surface area contributed by atoms with Crippen LogP contribution in [0.3, 0.4) is 0 Å². The summed E-state index contributed by atoms with van der Waals surface area (Å²) >= 11 is 2.58. The molecule has 0 aliphatic carbocycles. The zero-order chi connectivity index (χ0) is 18.1. The maximum atomic E-state index is 13.1. The van der Waals surface area contributed by atoms with E-state index in [0.717, 1.165) is 24.2 Å². The van der Waals surface area contributed by atoms with Crippen LogP contribution in [0, 0.1) is 5.82 Å². The Bertz CT molecular complexity index is 724. The fourth-order valence-electron chi connectivity index (χ4n) is 1.84. The van der Waals surface area contributed by atoms with E-state index in [2.05, 4.69) is 27.8 Å². The molecular weight excluding hydrogens is 363 g/mol. The molecule has 0 saturated heterocycles. The van der Waals surface area contributed by atoms with E-state index in [-0.39, 0.29) is 10.9 Å². The first-order valence-electron chi connectivity index (χ1n) is 7.82. The molecule has 2 aromatic rings. The minimum absolute atomic E-state index is 0.00737. The number of hydrogen-bond donors (Lipinski definition) is 2. The summed E-state index contributed by atoms with van der Waals surface area (Å²) in [5.41, 5.74) is 0.361. The van der Waals surface area contributed by atoms with Crippen LogP contribution in [0.4, 0.5) is 10.1 Å². The fraction of sp³-hybridized carbons (Fsp3) is 0.375. The van der Waals surface area contributed by atoms with Gasteiger partial charge in [-0.2, -0.15) is 0 Å². The molecule has 0 fully saturated rings. The summed E-state index contributed by atoms with van der Waals surface area (Å²) in [4.78, 5) is 23.7. The lowest BCUT2D eigenvalue weighted by Gasteiger charge is -2.02. The van der Waals surface area contributed by atoms with E-state index in [1.807, 2.05) is 0 Å². The molecule has 0 radical (unpaired) electrons. The van der Waals surface area contributed by atoms with Crippen molar-refractivity contribution in [2.45, 2.75) is 25.5 Å². The summed E-state index contributed by atoms with van der Waals surface area (Å²) in [6.07, 6.45) is 2.01. The maximum absolute atomic E-state index is 13.1. The maximum Gasteiger partial charge on any atom is 0.286 e. The van der Waals surface area contributed by atoms with Crippen molar-refractivity contribution >= 4 is 40.6 Å². The number of carbonyl (C=O) groups is 2. The number of hydrogen-bond acceptors (Lipinski definition) is 6. The Morgan fingerprint density at radius 1 is 1.32 bits per heavy atom. The lowest BCUT2D eigenvalue weighted by atomic mass is 10.3. The van der Waals surface area contributed by atoms with Crippen LogP contribution in [0.25, 0.3) is 0 Å².